The summed E-state index contributed by atoms with van der Waals surface area (Å²) >= 11 is 13.7. The lowest BCUT2D eigenvalue weighted by atomic mass is 10.2. The molecule has 0 bridgehead atoms. The summed E-state index contributed by atoms with van der Waals surface area (Å²) in [6.07, 6.45) is 0. The van der Waals surface area contributed by atoms with E-state index in [4.69, 9.17) is 23.2 Å². The number of H-pyrrole nitrogens is 1. The van der Waals surface area contributed by atoms with Gasteiger partial charge in [-0.2, -0.15) is 0 Å². The van der Waals surface area contributed by atoms with Crippen LogP contribution in [-0.4, -0.2) is 45.5 Å². The Bertz CT molecular complexity index is 584. The second-order valence-electron chi connectivity index (χ2n) is 4.47. The quantitative estimate of drug-likeness (QED) is 0.764. The van der Waals surface area contributed by atoms with Crippen LogP contribution in [0.1, 0.15) is 13.8 Å². The molecule has 21 heavy (non-hydrogen) atoms. The van der Waals surface area contributed by atoms with E-state index in [2.05, 4.69) is 33.9 Å². The number of nitrogens with zero attached hydrogens (tertiary/aromatic N) is 3. The molecule has 114 valence electrons. The van der Waals surface area contributed by atoms with Crippen LogP contribution < -0.4 is 0 Å². The molecule has 0 saturated carbocycles. The topological polar surface area (TPSA) is 44.8 Å². The minimum absolute atomic E-state index is 0.568. The molecule has 2 rings (SSSR count). The van der Waals surface area contributed by atoms with Crippen molar-refractivity contribution in [1.29, 1.82) is 0 Å². The van der Waals surface area contributed by atoms with Crippen LogP contribution in [-0.2, 0) is 0 Å². The molecule has 1 N–H and O–H groups in total. The van der Waals surface area contributed by atoms with Gasteiger partial charge in [0, 0.05) is 22.9 Å². The molecule has 0 aliphatic carbocycles. The summed E-state index contributed by atoms with van der Waals surface area (Å²) < 4.78 is 0. The molecule has 0 unspecified atom stereocenters. The minimum Gasteiger partial charge on any atom is -0.303 e. The number of rotatable bonds is 7. The Morgan fingerprint density at radius 3 is 2.67 bits per heavy atom. The van der Waals surface area contributed by atoms with Crippen molar-refractivity contribution in [2.45, 2.75) is 19.0 Å². The van der Waals surface area contributed by atoms with Crippen LogP contribution in [0.5, 0.6) is 0 Å². The zero-order valence-corrected chi connectivity index (χ0v) is 14.4. The van der Waals surface area contributed by atoms with E-state index < -0.39 is 0 Å². The molecule has 1 heterocycles. The normalized spacial score (nSPS) is 11.3. The van der Waals surface area contributed by atoms with Crippen molar-refractivity contribution in [2.24, 2.45) is 0 Å². The SMILES string of the molecule is CCN(CC)CCSc1n[nH]c(-c2ccc(Cl)cc2Cl)n1. The first kappa shape index (κ1) is 16.6. The van der Waals surface area contributed by atoms with Crippen LogP contribution in [0.15, 0.2) is 23.4 Å². The molecule has 0 aliphatic rings. The molecule has 1 aromatic carbocycles. The number of halogens is 2. The standard InChI is InChI=1S/C14H18Cl2N4S/c1-3-20(4-2)7-8-21-14-17-13(18-19-14)11-6-5-10(15)9-12(11)16/h5-6,9H,3-4,7-8H2,1-2H3,(H,17,18,19). The fourth-order valence-electron chi connectivity index (χ4n) is 1.92. The molecule has 0 atom stereocenters. The van der Waals surface area contributed by atoms with Crippen molar-refractivity contribution in [3.8, 4) is 11.4 Å². The van der Waals surface area contributed by atoms with Gasteiger partial charge >= 0.3 is 0 Å². The summed E-state index contributed by atoms with van der Waals surface area (Å²) in [5, 5.41) is 9.06. The van der Waals surface area contributed by atoms with Gasteiger partial charge in [-0.15, -0.1) is 5.10 Å². The lowest BCUT2D eigenvalue weighted by Gasteiger charge is -2.16. The van der Waals surface area contributed by atoms with Gasteiger partial charge in [0.05, 0.1) is 5.02 Å². The lowest BCUT2D eigenvalue weighted by Crippen LogP contribution is -2.25. The fourth-order valence-corrected chi connectivity index (χ4v) is 3.21. The van der Waals surface area contributed by atoms with Crippen molar-refractivity contribution in [1.82, 2.24) is 20.1 Å². The second-order valence-corrected chi connectivity index (χ2v) is 6.37. The second kappa shape index (κ2) is 8.03. The van der Waals surface area contributed by atoms with Crippen LogP contribution in [0.25, 0.3) is 11.4 Å². The van der Waals surface area contributed by atoms with Gasteiger partial charge in [0.15, 0.2) is 5.82 Å². The average Bonchev–Trinajstić information content (AvgIpc) is 2.92. The molecular weight excluding hydrogens is 327 g/mol. The predicted molar refractivity (Wildman–Crippen MR) is 90.4 cm³/mol. The van der Waals surface area contributed by atoms with Crippen molar-refractivity contribution < 1.29 is 0 Å². The molecule has 0 radical (unpaired) electrons. The minimum atomic E-state index is 0.568. The number of thioether (sulfide) groups is 1. The first-order valence-electron chi connectivity index (χ1n) is 6.87. The molecule has 0 saturated heterocycles. The summed E-state index contributed by atoms with van der Waals surface area (Å²) in [7, 11) is 0. The Labute approximate surface area is 139 Å². The highest BCUT2D eigenvalue weighted by Gasteiger charge is 2.10. The van der Waals surface area contributed by atoms with E-state index in [9.17, 15) is 0 Å². The maximum Gasteiger partial charge on any atom is 0.208 e. The summed E-state index contributed by atoms with van der Waals surface area (Å²) in [5.41, 5.74) is 0.809. The monoisotopic (exact) mass is 344 g/mol. The van der Waals surface area contributed by atoms with Crippen LogP contribution >= 0.6 is 35.0 Å². The van der Waals surface area contributed by atoms with E-state index in [0.717, 1.165) is 36.1 Å². The summed E-state index contributed by atoms with van der Waals surface area (Å²) in [4.78, 5) is 6.84. The maximum atomic E-state index is 6.17. The first-order chi connectivity index (χ1) is 10.1. The van der Waals surface area contributed by atoms with Crippen molar-refractivity contribution in [3.05, 3.63) is 28.2 Å². The van der Waals surface area contributed by atoms with Gasteiger partial charge in [-0.3, -0.25) is 5.10 Å². The number of hydrogen-bond acceptors (Lipinski definition) is 4. The number of aromatic nitrogens is 3. The zero-order chi connectivity index (χ0) is 15.2. The van der Waals surface area contributed by atoms with E-state index >= 15 is 0 Å². The number of aromatic amines is 1. The third-order valence-electron chi connectivity index (χ3n) is 3.18. The van der Waals surface area contributed by atoms with E-state index in [1.807, 2.05) is 6.07 Å². The van der Waals surface area contributed by atoms with Crippen LogP contribution in [0, 0.1) is 0 Å². The predicted octanol–water partition coefficient (Wildman–Crippen LogP) is 4.21. The van der Waals surface area contributed by atoms with Crippen LogP contribution in [0.2, 0.25) is 10.0 Å². The third-order valence-corrected chi connectivity index (χ3v) is 4.56. The van der Waals surface area contributed by atoms with Gasteiger partial charge in [0.2, 0.25) is 5.16 Å². The molecule has 2 aromatic rings. The average molecular weight is 345 g/mol. The summed E-state index contributed by atoms with van der Waals surface area (Å²) in [5.74, 6) is 1.63. The van der Waals surface area contributed by atoms with E-state index in [-0.39, 0.29) is 0 Å². The molecule has 4 nitrogen and oxygen atoms in total. The maximum absolute atomic E-state index is 6.17. The highest BCUT2D eigenvalue weighted by atomic mass is 35.5. The van der Waals surface area contributed by atoms with Crippen LogP contribution in [0.3, 0.4) is 0 Å². The Balaban J connectivity index is 1.98. The van der Waals surface area contributed by atoms with Gasteiger partial charge in [0.1, 0.15) is 0 Å². The molecule has 0 fully saturated rings. The van der Waals surface area contributed by atoms with Gasteiger partial charge in [-0.25, -0.2) is 4.98 Å². The molecular formula is C14H18Cl2N4S. The van der Waals surface area contributed by atoms with E-state index in [1.54, 1.807) is 23.9 Å². The van der Waals surface area contributed by atoms with Crippen molar-refractivity contribution in [3.63, 3.8) is 0 Å². The highest BCUT2D eigenvalue weighted by Crippen LogP contribution is 2.28. The first-order valence-corrected chi connectivity index (χ1v) is 8.61. The molecule has 0 aliphatic heterocycles. The van der Waals surface area contributed by atoms with Crippen molar-refractivity contribution in [2.75, 3.05) is 25.4 Å². The van der Waals surface area contributed by atoms with E-state index in [0.29, 0.717) is 15.9 Å². The highest BCUT2D eigenvalue weighted by molar-refractivity contribution is 7.99. The van der Waals surface area contributed by atoms with Gasteiger partial charge in [-0.05, 0) is 31.3 Å². The molecule has 1 aromatic heterocycles. The Morgan fingerprint density at radius 1 is 1.24 bits per heavy atom. The van der Waals surface area contributed by atoms with Gasteiger partial charge in [-0.1, -0.05) is 48.8 Å². The molecule has 0 spiro atoms. The summed E-state index contributed by atoms with van der Waals surface area (Å²) in [6, 6.07) is 5.34. The zero-order valence-electron chi connectivity index (χ0n) is 12.1. The van der Waals surface area contributed by atoms with Crippen molar-refractivity contribution >= 4 is 35.0 Å². The third kappa shape index (κ3) is 4.61. The largest absolute Gasteiger partial charge is 0.303 e. The van der Waals surface area contributed by atoms with Crippen LogP contribution in [0.4, 0.5) is 0 Å². The Morgan fingerprint density at radius 2 is 2.00 bits per heavy atom. The van der Waals surface area contributed by atoms with Gasteiger partial charge in [0.25, 0.3) is 0 Å². The number of nitrogens with one attached hydrogen (secondary N) is 1. The number of benzene rings is 1. The Kier molecular flexibility index (Phi) is 6.36. The van der Waals surface area contributed by atoms with E-state index in [1.165, 1.54) is 0 Å². The summed E-state index contributed by atoms with van der Waals surface area (Å²) in [6.45, 7) is 7.50. The fraction of sp³-hybridized carbons (Fsp3) is 0.429. The van der Waals surface area contributed by atoms with Gasteiger partial charge < -0.3 is 4.90 Å². The molecule has 0 amide bonds. The smallest absolute Gasteiger partial charge is 0.208 e. The molecule has 7 heteroatoms. The lowest BCUT2D eigenvalue weighted by molar-refractivity contribution is 0.324. The number of hydrogen-bond donors (Lipinski definition) is 1. The Hall–Kier alpha value is -0.750.